The van der Waals surface area contributed by atoms with Gasteiger partial charge in [-0.05, 0) is 42.6 Å². The Kier molecular flexibility index (Phi) is 8.03. The normalized spacial score (nSPS) is 15.5. The molecular formula is C21H27N3O4S. The summed E-state index contributed by atoms with van der Waals surface area (Å²) < 4.78 is 10.8. The molecule has 29 heavy (non-hydrogen) atoms. The topological polar surface area (TPSA) is 79.9 Å². The minimum absolute atomic E-state index is 0.0632. The number of thiophene rings is 1. The Morgan fingerprint density at radius 1 is 1.17 bits per heavy atom. The number of nitrogens with one attached hydrogen (secondary N) is 2. The fourth-order valence-electron chi connectivity index (χ4n) is 3.18. The number of carbonyl (C=O) groups excluding carboxylic acids is 2. The molecule has 0 spiro atoms. The van der Waals surface area contributed by atoms with Crippen molar-refractivity contribution in [2.24, 2.45) is 0 Å². The number of hydrogen-bond acceptors (Lipinski definition) is 6. The van der Waals surface area contributed by atoms with E-state index in [1.807, 2.05) is 18.4 Å². The highest BCUT2D eigenvalue weighted by Gasteiger charge is 2.24. The molecule has 2 aromatic rings. The molecule has 0 unspecified atom stereocenters. The summed E-state index contributed by atoms with van der Waals surface area (Å²) in [6, 6.07) is 11.1. The maximum Gasteiger partial charge on any atom is 0.251 e. The van der Waals surface area contributed by atoms with Crippen LogP contribution < -0.4 is 15.4 Å². The van der Waals surface area contributed by atoms with Gasteiger partial charge in [-0.2, -0.15) is 0 Å². The first kappa shape index (κ1) is 21.3. The molecule has 0 bridgehead atoms. The molecule has 0 aliphatic carbocycles. The Balaban J connectivity index is 1.48. The first-order valence-electron chi connectivity index (χ1n) is 9.80. The van der Waals surface area contributed by atoms with Gasteiger partial charge in [-0.3, -0.25) is 14.5 Å². The Morgan fingerprint density at radius 3 is 2.59 bits per heavy atom. The van der Waals surface area contributed by atoms with Gasteiger partial charge in [0.2, 0.25) is 5.91 Å². The van der Waals surface area contributed by atoms with Crippen LogP contribution in [0, 0.1) is 0 Å². The molecule has 1 aromatic carbocycles. The van der Waals surface area contributed by atoms with Crippen molar-refractivity contribution >= 4 is 23.2 Å². The van der Waals surface area contributed by atoms with E-state index in [0.29, 0.717) is 37.7 Å². The van der Waals surface area contributed by atoms with Crippen LogP contribution in [0.1, 0.15) is 28.2 Å². The summed E-state index contributed by atoms with van der Waals surface area (Å²) in [4.78, 5) is 28.1. The molecule has 2 N–H and O–H groups in total. The van der Waals surface area contributed by atoms with Gasteiger partial charge in [-0.1, -0.05) is 6.07 Å². The summed E-state index contributed by atoms with van der Waals surface area (Å²) in [5.74, 6) is 0.217. The lowest BCUT2D eigenvalue weighted by molar-refractivity contribution is -0.120. The molecule has 8 heteroatoms. The summed E-state index contributed by atoms with van der Waals surface area (Å²) in [5, 5.41) is 7.66. The monoisotopic (exact) mass is 417 g/mol. The lowest BCUT2D eigenvalue weighted by Crippen LogP contribution is -2.45. The molecule has 1 aliphatic rings. The predicted octanol–water partition coefficient (Wildman–Crippen LogP) is 2.07. The van der Waals surface area contributed by atoms with Crippen molar-refractivity contribution in [3.05, 3.63) is 52.2 Å². The van der Waals surface area contributed by atoms with Gasteiger partial charge >= 0.3 is 0 Å². The molecule has 2 amide bonds. The first-order valence-corrected chi connectivity index (χ1v) is 10.7. The maximum absolute atomic E-state index is 12.3. The number of ether oxygens (including phenoxy) is 2. The molecule has 3 rings (SSSR count). The zero-order valence-electron chi connectivity index (χ0n) is 16.6. The minimum atomic E-state index is -0.286. The predicted molar refractivity (Wildman–Crippen MR) is 112 cm³/mol. The van der Waals surface area contributed by atoms with Crippen LogP contribution in [-0.4, -0.2) is 62.7 Å². The van der Waals surface area contributed by atoms with Crippen molar-refractivity contribution in [2.75, 3.05) is 46.0 Å². The Bertz CT molecular complexity index is 774. The Morgan fingerprint density at radius 2 is 1.93 bits per heavy atom. The minimum Gasteiger partial charge on any atom is -0.494 e. The second-order valence-corrected chi connectivity index (χ2v) is 7.60. The Labute approximate surface area is 175 Å². The van der Waals surface area contributed by atoms with Crippen LogP contribution in [0.3, 0.4) is 0 Å². The van der Waals surface area contributed by atoms with Gasteiger partial charge in [0.05, 0.1) is 32.4 Å². The number of nitrogens with zero attached hydrogens (tertiary/aromatic N) is 1. The molecule has 1 atom stereocenters. The third kappa shape index (κ3) is 6.28. The third-order valence-electron chi connectivity index (χ3n) is 4.69. The zero-order valence-corrected chi connectivity index (χ0v) is 17.4. The van der Waals surface area contributed by atoms with Crippen LogP contribution >= 0.6 is 11.3 Å². The van der Waals surface area contributed by atoms with Gasteiger partial charge in [0.15, 0.2) is 0 Å². The molecule has 0 saturated carbocycles. The number of morpholine rings is 1. The second-order valence-electron chi connectivity index (χ2n) is 6.62. The fraction of sp³-hybridized carbons (Fsp3) is 0.429. The molecule has 1 aromatic heterocycles. The van der Waals surface area contributed by atoms with Crippen LogP contribution in [-0.2, 0) is 9.53 Å². The van der Waals surface area contributed by atoms with E-state index < -0.39 is 0 Å². The summed E-state index contributed by atoms with van der Waals surface area (Å²) >= 11 is 1.68. The smallest absolute Gasteiger partial charge is 0.251 e. The number of benzene rings is 1. The average Bonchev–Trinajstić information content (AvgIpc) is 3.28. The largest absolute Gasteiger partial charge is 0.494 e. The fourth-order valence-corrected chi connectivity index (χ4v) is 4.05. The molecule has 7 nitrogen and oxygen atoms in total. The van der Waals surface area contributed by atoms with E-state index in [9.17, 15) is 9.59 Å². The van der Waals surface area contributed by atoms with Gasteiger partial charge in [-0.25, -0.2) is 0 Å². The van der Waals surface area contributed by atoms with Gasteiger partial charge in [-0.15, -0.1) is 11.3 Å². The first-order chi connectivity index (χ1) is 14.2. The van der Waals surface area contributed by atoms with Crippen LogP contribution in [0.5, 0.6) is 5.75 Å². The lowest BCUT2D eigenvalue weighted by atomic mass is 10.2. The summed E-state index contributed by atoms with van der Waals surface area (Å²) in [5.41, 5.74) is 0.492. The van der Waals surface area contributed by atoms with E-state index in [-0.39, 0.29) is 24.4 Å². The number of hydrogen-bond donors (Lipinski definition) is 2. The lowest BCUT2D eigenvalue weighted by Gasteiger charge is -2.34. The molecular weight excluding hydrogens is 390 g/mol. The van der Waals surface area contributed by atoms with Crippen molar-refractivity contribution in [2.45, 2.75) is 13.0 Å². The molecule has 2 heterocycles. The van der Waals surface area contributed by atoms with Gasteiger partial charge in [0.25, 0.3) is 5.91 Å². The standard InChI is InChI=1S/C21H27N3O4S/c1-2-28-17-7-5-16(6-8-17)21(26)23-15-20(25)22-14-18(19-4-3-13-29-19)24-9-11-27-12-10-24/h3-8,13,18H,2,9-12,14-15H2,1H3,(H,22,25)(H,23,26)/t18-/m1/s1. The molecule has 1 aliphatic heterocycles. The van der Waals surface area contributed by atoms with Crippen molar-refractivity contribution in [3.63, 3.8) is 0 Å². The van der Waals surface area contributed by atoms with E-state index in [0.717, 1.165) is 13.1 Å². The van der Waals surface area contributed by atoms with Crippen molar-refractivity contribution < 1.29 is 19.1 Å². The van der Waals surface area contributed by atoms with Gasteiger partial charge < -0.3 is 20.1 Å². The molecule has 0 radical (unpaired) electrons. The van der Waals surface area contributed by atoms with E-state index in [2.05, 4.69) is 21.6 Å². The van der Waals surface area contributed by atoms with Crippen molar-refractivity contribution in [3.8, 4) is 5.75 Å². The average molecular weight is 418 g/mol. The zero-order chi connectivity index (χ0) is 20.5. The number of amides is 2. The highest BCUT2D eigenvalue weighted by molar-refractivity contribution is 7.10. The molecule has 1 saturated heterocycles. The Hall–Kier alpha value is -2.42. The summed E-state index contributed by atoms with van der Waals surface area (Å²) in [6.07, 6.45) is 0. The third-order valence-corrected chi connectivity index (χ3v) is 5.66. The second kappa shape index (κ2) is 10.9. The van der Waals surface area contributed by atoms with E-state index in [4.69, 9.17) is 9.47 Å². The number of rotatable bonds is 9. The highest BCUT2D eigenvalue weighted by Crippen LogP contribution is 2.25. The van der Waals surface area contributed by atoms with E-state index in [1.165, 1.54) is 4.88 Å². The number of carbonyl (C=O) groups is 2. The van der Waals surface area contributed by atoms with Crippen LogP contribution in [0.4, 0.5) is 0 Å². The van der Waals surface area contributed by atoms with Gasteiger partial charge in [0, 0.05) is 30.1 Å². The summed E-state index contributed by atoms with van der Waals surface area (Å²) in [6.45, 7) is 6.00. The summed E-state index contributed by atoms with van der Waals surface area (Å²) in [7, 11) is 0. The van der Waals surface area contributed by atoms with Crippen molar-refractivity contribution in [1.29, 1.82) is 0 Å². The van der Waals surface area contributed by atoms with E-state index >= 15 is 0 Å². The molecule has 1 fully saturated rings. The molecule has 156 valence electrons. The van der Waals surface area contributed by atoms with Crippen LogP contribution in [0.15, 0.2) is 41.8 Å². The SMILES string of the molecule is CCOc1ccc(C(=O)NCC(=O)NC[C@H](c2cccs2)N2CCOCC2)cc1. The van der Waals surface area contributed by atoms with Gasteiger partial charge in [0.1, 0.15) is 5.75 Å². The van der Waals surface area contributed by atoms with Crippen LogP contribution in [0.2, 0.25) is 0 Å². The quantitative estimate of drug-likeness (QED) is 0.653. The van der Waals surface area contributed by atoms with Crippen LogP contribution in [0.25, 0.3) is 0 Å². The van der Waals surface area contributed by atoms with Crippen molar-refractivity contribution in [1.82, 2.24) is 15.5 Å². The maximum atomic E-state index is 12.3. The highest BCUT2D eigenvalue weighted by atomic mass is 32.1. The van der Waals surface area contributed by atoms with E-state index in [1.54, 1.807) is 35.6 Å².